The zero-order valence-electron chi connectivity index (χ0n) is 14.5. The topological polar surface area (TPSA) is 77.7 Å². The van der Waals surface area contributed by atoms with E-state index in [1.807, 2.05) is 40.6 Å². The van der Waals surface area contributed by atoms with Gasteiger partial charge in [0.15, 0.2) is 17.3 Å². The molecular weight excluding hydrogens is 366 g/mol. The first-order valence-electron chi connectivity index (χ1n) is 8.80. The number of hydrogen-bond acceptors (Lipinski definition) is 7. The third kappa shape index (κ3) is 3.16. The number of nitrogens with zero attached hydrogens (tertiary/aromatic N) is 3. The van der Waals surface area contributed by atoms with Crippen molar-refractivity contribution in [1.82, 2.24) is 15.0 Å². The normalized spacial score (nSPS) is 18.2. The molecule has 0 bridgehead atoms. The van der Waals surface area contributed by atoms with Crippen LogP contribution in [0.4, 0.5) is 0 Å². The van der Waals surface area contributed by atoms with E-state index in [-0.39, 0.29) is 18.6 Å². The summed E-state index contributed by atoms with van der Waals surface area (Å²) < 4.78 is 16.1. The molecule has 1 atom stereocenters. The maximum Gasteiger partial charge on any atom is 0.267 e. The van der Waals surface area contributed by atoms with Gasteiger partial charge in [0.25, 0.3) is 5.89 Å². The molecule has 27 heavy (non-hydrogen) atoms. The summed E-state index contributed by atoms with van der Waals surface area (Å²) in [6.45, 7) is 1.56. The molecule has 2 aliphatic rings. The predicted octanol–water partition coefficient (Wildman–Crippen LogP) is 3.09. The molecule has 0 saturated carbocycles. The number of fused-ring (bicyclic) bond motifs is 1. The standard InChI is InChI=1S/C19H17N3O4S/c23-17(9-12-3-4-14-15(8-12)25-11-24-14)22-6-5-13(10-22)18-20-19(26-21-18)16-2-1-7-27-16/h1-4,7-8,13H,5-6,9-11H2/t13-/m1/s1. The number of aromatic nitrogens is 2. The number of thiophene rings is 1. The highest BCUT2D eigenvalue weighted by molar-refractivity contribution is 7.13. The molecule has 0 radical (unpaired) electrons. The molecule has 0 aliphatic carbocycles. The minimum Gasteiger partial charge on any atom is -0.454 e. The van der Waals surface area contributed by atoms with Gasteiger partial charge in [-0.2, -0.15) is 4.98 Å². The van der Waals surface area contributed by atoms with Gasteiger partial charge < -0.3 is 18.9 Å². The number of carbonyl (C=O) groups excluding carboxylic acids is 1. The number of amides is 1. The second-order valence-electron chi connectivity index (χ2n) is 6.62. The molecule has 3 aromatic rings. The summed E-state index contributed by atoms with van der Waals surface area (Å²) in [6.07, 6.45) is 1.19. The predicted molar refractivity (Wildman–Crippen MR) is 97.8 cm³/mol. The Balaban J connectivity index is 1.23. The molecule has 1 saturated heterocycles. The molecule has 8 heteroatoms. The van der Waals surface area contributed by atoms with Crippen molar-refractivity contribution in [2.45, 2.75) is 18.8 Å². The van der Waals surface area contributed by atoms with Gasteiger partial charge in [0.05, 0.1) is 11.3 Å². The van der Waals surface area contributed by atoms with Gasteiger partial charge >= 0.3 is 0 Å². The zero-order chi connectivity index (χ0) is 18.2. The first-order chi connectivity index (χ1) is 13.3. The van der Waals surface area contributed by atoms with Crippen LogP contribution in [0.2, 0.25) is 0 Å². The quantitative estimate of drug-likeness (QED) is 0.689. The Morgan fingerprint density at radius 2 is 2.19 bits per heavy atom. The van der Waals surface area contributed by atoms with Gasteiger partial charge in [0.2, 0.25) is 12.7 Å². The molecule has 0 spiro atoms. The smallest absolute Gasteiger partial charge is 0.267 e. The number of carbonyl (C=O) groups is 1. The third-order valence-electron chi connectivity index (χ3n) is 4.87. The van der Waals surface area contributed by atoms with E-state index in [0.717, 1.165) is 22.6 Å². The SMILES string of the molecule is O=C(Cc1ccc2c(c1)OCO2)N1CC[C@@H](c2noc(-c3cccs3)n2)C1. The number of likely N-dealkylation sites (tertiary alicyclic amines) is 1. The van der Waals surface area contributed by atoms with Gasteiger partial charge in [-0.15, -0.1) is 11.3 Å². The van der Waals surface area contributed by atoms with Crippen molar-refractivity contribution in [3.8, 4) is 22.3 Å². The fraction of sp³-hybridized carbons (Fsp3) is 0.316. The first-order valence-corrected chi connectivity index (χ1v) is 9.68. The summed E-state index contributed by atoms with van der Waals surface area (Å²) >= 11 is 1.57. The summed E-state index contributed by atoms with van der Waals surface area (Å²) in [5.41, 5.74) is 0.923. The van der Waals surface area contributed by atoms with Gasteiger partial charge in [-0.1, -0.05) is 17.3 Å². The van der Waals surface area contributed by atoms with Crippen molar-refractivity contribution >= 4 is 17.2 Å². The third-order valence-corrected chi connectivity index (χ3v) is 5.73. The van der Waals surface area contributed by atoms with E-state index in [1.54, 1.807) is 11.3 Å². The second-order valence-corrected chi connectivity index (χ2v) is 7.57. The zero-order valence-corrected chi connectivity index (χ0v) is 15.3. The van der Waals surface area contributed by atoms with E-state index < -0.39 is 0 Å². The lowest BCUT2D eigenvalue weighted by molar-refractivity contribution is -0.129. The fourth-order valence-corrected chi connectivity index (χ4v) is 4.08. The highest BCUT2D eigenvalue weighted by atomic mass is 32.1. The summed E-state index contributed by atoms with van der Waals surface area (Å²) in [7, 11) is 0. The summed E-state index contributed by atoms with van der Waals surface area (Å²) in [5, 5.41) is 6.10. The van der Waals surface area contributed by atoms with Gasteiger partial charge in [-0.3, -0.25) is 4.79 Å². The Bertz CT molecular complexity index is 969. The van der Waals surface area contributed by atoms with Gasteiger partial charge in [-0.25, -0.2) is 0 Å². The van der Waals surface area contributed by atoms with E-state index in [4.69, 9.17) is 14.0 Å². The number of benzene rings is 1. The average Bonchev–Trinajstić information content (AvgIpc) is 3.48. The van der Waals surface area contributed by atoms with Crippen LogP contribution in [0.1, 0.15) is 23.7 Å². The van der Waals surface area contributed by atoms with E-state index in [0.29, 0.717) is 37.0 Å². The lowest BCUT2D eigenvalue weighted by Crippen LogP contribution is -2.30. The van der Waals surface area contributed by atoms with Crippen molar-refractivity contribution < 1.29 is 18.8 Å². The largest absolute Gasteiger partial charge is 0.454 e. The molecule has 7 nitrogen and oxygen atoms in total. The molecule has 5 rings (SSSR count). The molecule has 2 aromatic heterocycles. The molecule has 0 unspecified atom stereocenters. The molecular formula is C19H17N3O4S. The highest BCUT2D eigenvalue weighted by Crippen LogP contribution is 2.33. The Hall–Kier alpha value is -2.87. The lowest BCUT2D eigenvalue weighted by Gasteiger charge is -2.16. The van der Waals surface area contributed by atoms with Crippen LogP contribution in [0.5, 0.6) is 11.5 Å². The monoisotopic (exact) mass is 383 g/mol. The highest BCUT2D eigenvalue weighted by Gasteiger charge is 2.31. The molecule has 1 fully saturated rings. The second kappa shape index (κ2) is 6.70. The van der Waals surface area contributed by atoms with Crippen molar-refractivity contribution in [3.05, 3.63) is 47.1 Å². The van der Waals surface area contributed by atoms with Crippen LogP contribution in [0, 0.1) is 0 Å². The Labute approximate surface area is 159 Å². The van der Waals surface area contributed by atoms with Crippen LogP contribution in [-0.2, 0) is 11.2 Å². The summed E-state index contributed by atoms with van der Waals surface area (Å²) in [5.74, 6) is 2.86. The molecule has 2 aliphatic heterocycles. The van der Waals surface area contributed by atoms with E-state index in [9.17, 15) is 4.79 Å². The summed E-state index contributed by atoms with van der Waals surface area (Å²) in [6, 6.07) is 9.54. The van der Waals surface area contributed by atoms with E-state index >= 15 is 0 Å². The van der Waals surface area contributed by atoms with Crippen molar-refractivity contribution in [3.63, 3.8) is 0 Å². The van der Waals surface area contributed by atoms with Crippen LogP contribution in [0.3, 0.4) is 0 Å². The Kier molecular flexibility index (Phi) is 4.05. The van der Waals surface area contributed by atoms with Crippen molar-refractivity contribution in [2.75, 3.05) is 19.9 Å². The van der Waals surface area contributed by atoms with E-state index in [2.05, 4.69) is 10.1 Å². The summed E-state index contributed by atoms with van der Waals surface area (Å²) in [4.78, 5) is 20.0. The number of ether oxygens (including phenoxy) is 2. The van der Waals surface area contributed by atoms with Crippen LogP contribution in [0.15, 0.2) is 40.2 Å². The first kappa shape index (κ1) is 16.3. The van der Waals surface area contributed by atoms with Crippen LogP contribution in [-0.4, -0.2) is 40.8 Å². The van der Waals surface area contributed by atoms with Gasteiger partial charge in [0, 0.05) is 19.0 Å². The van der Waals surface area contributed by atoms with Gasteiger partial charge in [-0.05, 0) is 35.6 Å². The molecule has 1 amide bonds. The maximum atomic E-state index is 12.7. The number of hydrogen-bond donors (Lipinski definition) is 0. The van der Waals surface area contributed by atoms with Crippen LogP contribution >= 0.6 is 11.3 Å². The van der Waals surface area contributed by atoms with Crippen molar-refractivity contribution in [2.24, 2.45) is 0 Å². The minimum atomic E-state index is 0.0957. The number of rotatable bonds is 4. The minimum absolute atomic E-state index is 0.0957. The average molecular weight is 383 g/mol. The molecule has 0 N–H and O–H groups in total. The van der Waals surface area contributed by atoms with Crippen LogP contribution < -0.4 is 9.47 Å². The maximum absolute atomic E-state index is 12.7. The van der Waals surface area contributed by atoms with Gasteiger partial charge in [0.1, 0.15) is 0 Å². The van der Waals surface area contributed by atoms with Crippen LogP contribution in [0.25, 0.3) is 10.8 Å². The Morgan fingerprint density at radius 3 is 3.07 bits per heavy atom. The molecule has 138 valence electrons. The lowest BCUT2D eigenvalue weighted by atomic mass is 10.1. The van der Waals surface area contributed by atoms with E-state index in [1.165, 1.54) is 0 Å². The fourth-order valence-electron chi connectivity index (χ4n) is 3.44. The van der Waals surface area contributed by atoms with Crippen molar-refractivity contribution in [1.29, 1.82) is 0 Å². The Morgan fingerprint density at radius 1 is 1.26 bits per heavy atom. The molecule has 4 heterocycles. The molecule has 1 aromatic carbocycles.